The lowest BCUT2D eigenvalue weighted by Gasteiger charge is -2.14. The quantitative estimate of drug-likeness (QED) is 0.108. The van der Waals surface area contributed by atoms with Crippen LogP contribution in [0.1, 0.15) is 0 Å². The third-order valence-electron chi connectivity index (χ3n) is 27.1. The van der Waals surface area contributed by atoms with Crippen molar-refractivity contribution in [1.82, 2.24) is 38.2 Å². The lowest BCUT2D eigenvalue weighted by Crippen LogP contribution is -1.97. The van der Waals surface area contributed by atoms with Crippen molar-refractivity contribution in [2.75, 3.05) is 0 Å². The van der Waals surface area contributed by atoms with E-state index >= 15 is 0 Å². The molecule has 0 saturated carbocycles. The number of rotatable bonds is 13. The number of aromatic nitrogens is 8. The first kappa shape index (κ1) is 77.2. The van der Waals surface area contributed by atoms with Crippen molar-refractivity contribution in [3.8, 4) is 124 Å². The lowest BCUT2D eigenvalue weighted by molar-refractivity contribution is 1.16. The van der Waals surface area contributed by atoms with E-state index in [2.05, 4.69) is 479 Å². The van der Waals surface area contributed by atoms with E-state index in [9.17, 15) is 0 Å². The molecule has 0 aliphatic carbocycles. The summed E-state index contributed by atoms with van der Waals surface area (Å²) in [7, 11) is 0. The Labute approximate surface area is 772 Å². The first-order chi connectivity index (χ1) is 66.4. The first-order valence-electron chi connectivity index (χ1n) is 45.7. The van der Waals surface area contributed by atoms with Gasteiger partial charge in [-0.1, -0.05) is 340 Å². The van der Waals surface area contributed by atoms with E-state index in [1.165, 1.54) is 142 Å². The molecule has 0 aliphatic heterocycles. The second-order valence-corrected chi connectivity index (χ2v) is 34.7. The van der Waals surface area contributed by atoms with Gasteiger partial charge in [0.1, 0.15) is 0 Å². The van der Waals surface area contributed by atoms with Crippen LogP contribution >= 0.6 is 0 Å². The third-order valence-corrected chi connectivity index (χ3v) is 27.1. The summed E-state index contributed by atoms with van der Waals surface area (Å²) in [6.45, 7) is 0. The zero-order valence-electron chi connectivity index (χ0n) is 72.8. The smallest absolute Gasteiger partial charge is 0.160 e. The molecule has 0 radical (unpaired) electrons. The summed E-state index contributed by atoms with van der Waals surface area (Å²) in [5, 5.41) is 20.0. The molecule has 6 aromatic heterocycles. The number of para-hydroxylation sites is 4. The zero-order valence-corrected chi connectivity index (χ0v) is 72.8. The van der Waals surface area contributed by atoms with Crippen molar-refractivity contribution < 1.29 is 0 Å². The van der Waals surface area contributed by atoms with Crippen molar-refractivity contribution in [2.45, 2.75) is 0 Å². The summed E-state index contributed by atoms with van der Waals surface area (Å²) in [4.78, 5) is 20.4. The largest absolute Gasteiger partial charge is 0.309 e. The van der Waals surface area contributed by atoms with E-state index < -0.39 is 0 Å². The molecule has 6 heterocycles. The maximum atomic E-state index is 5.10. The molecule has 624 valence electrons. The topological polar surface area (TPSA) is 71.3 Å². The van der Waals surface area contributed by atoms with E-state index in [4.69, 9.17) is 19.9 Å². The summed E-state index contributed by atoms with van der Waals surface area (Å²) in [6.07, 6.45) is 0. The number of fused-ring (bicyclic) bond motifs is 19. The van der Waals surface area contributed by atoms with Gasteiger partial charge >= 0.3 is 0 Å². The van der Waals surface area contributed by atoms with Gasteiger partial charge in [-0.05, 0) is 222 Å². The van der Waals surface area contributed by atoms with Crippen molar-refractivity contribution in [3.05, 3.63) is 485 Å². The van der Waals surface area contributed by atoms with Crippen LogP contribution in [0.15, 0.2) is 485 Å². The maximum absolute atomic E-state index is 5.10. The van der Waals surface area contributed by atoms with Gasteiger partial charge in [-0.2, -0.15) is 0 Å². The molecule has 8 heteroatoms. The molecule has 27 rings (SSSR count). The zero-order chi connectivity index (χ0) is 88.3. The molecule has 0 unspecified atom stereocenters. The van der Waals surface area contributed by atoms with Crippen molar-refractivity contribution in [3.63, 3.8) is 0 Å². The lowest BCUT2D eigenvalue weighted by atomic mass is 9.94. The van der Waals surface area contributed by atoms with Gasteiger partial charge in [-0.25, -0.2) is 19.9 Å². The Hall–Kier alpha value is -18.0. The Kier molecular flexibility index (Phi) is 18.5. The fraction of sp³-hybridized carbons (Fsp3) is 0. The van der Waals surface area contributed by atoms with Crippen molar-refractivity contribution in [1.29, 1.82) is 0 Å². The van der Waals surface area contributed by atoms with Crippen LogP contribution in [0.5, 0.6) is 0 Å². The second kappa shape index (κ2) is 32.0. The molecular formula is C126H80N8. The van der Waals surface area contributed by atoms with Crippen LogP contribution in [0, 0.1) is 0 Å². The van der Waals surface area contributed by atoms with Crippen LogP contribution in [-0.2, 0) is 0 Å². The molecular weight excluding hydrogens is 1630 g/mol. The summed E-state index contributed by atoms with van der Waals surface area (Å²) in [5.74, 6) is 1.39. The fourth-order valence-electron chi connectivity index (χ4n) is 20.7. The average Bonchev–Trinajstić information content (AvgIpc) is 1.42. The Balaban J connectivity index is 0.000000140. The van der Waals surface area contributed by atoms with Gasteiger partial charge in [0.25, 0.3) is 0 Å². The number of nitrogens with zero attached hydrogens (tertiary/aromatic N) is 8. The summed E-state index contributed by atoms with van der Waals surface area (Å²) >= 11 is 0. The molecule has 0 spiro atoms. The number of benzene rings is 21. The van der Waals surface area contributed by atoms with E-state index in [1.807, 2.05) is 24.3 Å². The molecule has 0 amide bonds. The summed E-state index contributed by atoms with van der Waals surface area (Å²) < 4.78 is 9.62. The normalized spacial score (nSPS) is 11.7. The number of hydrogen-bond acceptors (Lipinski definition) is 4. The van der Waals surface area contributed by atoms with E-state index in [0.29, 0.717) is 11.6 Å². The van der Waals surface area contributed by atoms with Crippen LogP contribution in [0.25, 0.3) is 254 Å². The Bertz CT molecular complexity index is 9180. The minimum atomic E-state index is 0.697. The van der Waals surface area contributed by atoms with Gasteiger partial charge in [0.15, 0.2) is 11.6 Å². The molecule has 0 aliphatic rings. The maximum Gasteiger partial charge on any atom is 0.160 e. The predicted molar refractivity (Wildman–Crippen MR) is 560 cm³/mol. The molecule has 0 saturated heterocycles. The molecule has 0 N–H and O–H groups in total. The van der Waals surface area contributed by atoms with Gasteiger partial charge in [0.05, 0.1) is 66.9 Å². The molecule has 134 heavy (non-hydrogen) atoms. The number of hydrogen-bond donors (Lipinski definition) is 0. The first-order valence-corrected chi connectivity index (χ1v) is 45.7. The molecule has 27 aromatic rings. The standard InChI is InChI=1S/C64H40N4.C62H40N4/c1-3-15-41(16-4-1)58-40-59(42-17-5-2-6-18-42)66-64(65-58)43-27-31-46(32-28-43)67-61-26-14-12-24-54(61)57-37-44(30-36-62(57)67)45-29-34-55-53-23-11-13-25-60(53)68(63(55)38-45)47-33-35-52-50-21-8-7-19-48(50)49-20-9-10-22-51(49)56(52)39-47;1-3-15-43(16-4-1)56-40-57(44-17-5-2-6-18-44)64-62(63-56)45-28-34-48(35-29-45)65-59-25-12-10-22-53(59)55-38-46(31-37-60(55)65)47-30-36-54-52-21-9-11-24-58(52)66(61(54)39-47)49-32-26-42(27-33-49)51-23-13-19-41-14-7-8-20-50(41)51/h1-40H;1-40H. The average molecular weight is 1710 g/mol. The van der Waals surface area contributed by atoms with E-state index in [1.54, 1.807) is 0 Å². The molecule has 0 fully saturated rings. The Morgan fingerprint density at radius 1 is 0.127 bits per heavy atom. The van der Waals surface area contributed by atoms with Gasteiger partial charge in [-0.15, -0.1) is 0 Å². The Morgan fingerprint density at radius 2 is 0.388 bits per heavy atom. The van der Waals surface area contributed by atoms with Crippen LogP contribution in [0.3, 0.4) is 0 Å². The highest BCUT2D eigenvalue weighted by Crippen LogP contribution is 2.45. The Morgan fingerprint density at radius 3 is 0.791 bits per heavy atom. The van der Waals surface area contributed by atoms with Crippen molar-refractivity contribution >= 4 is 130 Å². The van der Waals surface area contributed by atoms with Crippen LogP contribution in [-0.4, -0.2) is 38.2 Å². The monoisotopic (exact) mass is 1700 g/mol. The van der Waals surface area contributed by atoms with Gasteiger partial charge in [0, 0.05) is 99.2 Å². The SMILES string of the molecule is c1ccc(-c2cc(-c3ccccc3)nc(-c3ccc(-n4c5ccccc5c5cc(-c6ccc7c8ccccc8n(-c8ccc(-c9cccc%10ccccc9%10)cc8)c7c6)ccc54)cc3)n2)cc1.c1ccc(-c2cc(-c3ccccc3)nc(-c3ccc(-n4c5ccccc5c5cc(-c6ccc7c8ccccc8n(-c8ccc9c%10ccccc%10c%10ccccc%10c9c8)c7c6)ccc54)cc3)n2)cc1. The van der Waals surface area contributed by atoms with Crippen LogP contribution in [0.2, 0.25) is 0 Å². The molecule has 0 bridgehead atoms. The fourth-order valence-corrected chi connectivity index (χ4v) is 20.7. The van der Waals surface area contributed by atoms with Crippen LogP contribution in [0.4, 0.5) is 0 Å². The second-order valence-electron chi connectivity index (χ2n) is 34.7. The molecule has 21 aromatic carbocycles. The highest BCUT2D eigenvalue weighted by molar-refractivity contribution is 6.26. The molecule has 8 nitrogen and oxygen atoms in total. The van der Waals surface area contributed by atoms with E-state index in [0.717, 1.165) is 101 Å². The van der Waals surface area contributed by atoms with Gasteiger partial charge < -0.3 is 18.3 Å². The van der Waals surface area contributed by atoms with Gasteiger partial charge in [0.2, 0.25) is 0 Å². The van der Waals surface area contributed by atoms with Gasteiger partial charge in [-0.3, -0.25) is 0 Å². The van der Waals surface area contributed by atoms with E-state index in [-0.39, 0.29) is 0 Å². The summed E-state index contributed by atoms with van der Waals surface area (Å²) in [5.41, 5.74) is 30.8. The molecule has 0 atom stereocenters. The minimum Gasteiger partial charge on any atom is -0.309 e. The van der Waals surface area contributed by atoms with Crippen LogP contribution < -0.4 is 0 Å². The highest BCUT2D eigenvalue weighted by atomic mass is 15.0. The third kappa shape index (κ3) is 13.2. The highest BCUT2D eigenvalue weighted by Gasteiger charge is 2.23. The predicted octanol–water partition coefficient (Wildman–Crippen LogP) is 33.0. The minimum absolute atomic E-state index is 0.697. The van der Waals surface area contributed by atoms with Crippen molar-refractivity contribution in [2.24, 2.45) is 0 Å². The summed E-state index contributed by atoms with van der Waals surface area (Å²) in [6, 6.07) is 175.